The van der Waals surface area contributed by atoms with Crippen molar-refractivity contribution in [2.45, 2.75) is 0 Å². The first-order valence-corrected chi connectivity index (χ1v) is 7.55. The molecule has 1 heterocycles. The van der Waals surface area contributed by atoms with Crippen LogP contribution in [0.3, 0.4) is 0 Å². The van der Waals surface area contributed by atoms with Gasteiger partial charge in [0.05, 0.1) is 7.11 Å². The van der Waals surface area contributed by atoms with E-state index in [1.807, 2.05) is 6.07 Å². The number of carbonyl (C=O) groups excluding carboxylic acids is 2. The highest BCUT2D eigenvalue weighted by Crippen LogP contribution is 2.25. The molecule has 0 bridgehead atoms. The molecule has 2 aromatic carbocycles. The highest BCUT2D eigenvalue weighted by Gasteiger charge is 2.22. The lowest BCUT2D eigenvalue weighted by Crippen LogP contribution is -2.30. The molecule has 132 valence electrons. The van der Waals surface area contributed by atoms with E-state index in [1.54, 1.807) is 24.3 Å². The van der Waals surface area contributed by atoms with Crippen molar-refractivity contribution in [1.82, 2.24) is 10.4 Å². The average molecular weight is 355 g/mol. The molecule has 8 heteroatoms. The minimum absolute atomic E-state index is 0.0776. The average Bonchev–Trinajstić information content (AvgIpc) is 3.11. The zero-order valence-electron chi connectivity index (χ0n) is 13.7. The maximum atomic E-state index is 12.9. The van der Waals surface area contributed by atoms with Crippen LogP contribution in [0.2, 0.25) is 0 Å². The summed E-state index contributed by atoms with van der Waals surface area (Å²) in [6.07, 6.45) is 0. The van der Waals surface area contributed by atoms with Gasteiger partial charge in [0.2, 0.25) is 17.5 Å². The summed E-state index contributed by atoms with van der Waals surface area (Å²) in [5, 5.41) is 0. The van der Waals surface area contributed by atoms with E-state index in [-0.39, 0.29) is 23.0 Å². The van der Waals surface area contributed by atoms with E-state index >= 15 is 0 Å². The summed E-state index contributed by atoms with van der Waals surface area (Å²) in [7, 11) is 1.21. The number of amides is 1. The quantitative estimate of drug-likeness (QED) is 0.540. The third-order valence-corrected chi connectivity index (χ3v) is 3.42. The van der Waals surface area contributed by atoms with Crippen LogP contribution in [0.5, 0.6) is 0 Å². The summed E-state index contributed by atoms with van der Waals surface area (Å²) in [5.74, 6) is -1.62. The van der Waals surface area contributed by atoms with E-state index in [0.29, 0.717) is 5.56 Å². The first kappa shape index (κ1) is 17.2. The molecule has 0 aliphatic carbocycles. The molecule has 7 nitrogen and oxygen atoms in total. The van der Waals surface area contributed by atoms with Crippen LogP contribution in [-0.2, 0) is 4.74 Å². The number of nitrogens with zero attached hydrogens (tertiary/aromatic N) is 1. The Morgan fingerprint density at radius 3 is 2.42 bits per heavy atom. The maximum absolute atomic E-state index is 12.9. The molecule has 3 rings (SSSR count). The number of anilines is 1. The molecule has 0 fully saturated rings. The van der Waals surface area contributed by atoms with E-state index in [9.17, 15) is 14.0 Å². The number of benzene rings is 2. The fourth-order valence-corrected chi connectivity index (χ4v) is 2.13. The van der Waals surface area contributed by atoms with E-state index in [1.165, 1.54) is 19.2 Å². The standard InChI is InChI=1S/C18H14FN3O4/c1-25-18(24)14-17(26-16(20-14)12-5-3-2-4-6-12)22-21-15(23)11-7-9-13(19)10-8-11/h2-10,22H,1H3,(H,21,23). The van der Waals surface area contributed by atoms with Crippen molar-refractivity contribution in [3.8, 4) is 11.5 Å². The van der Waals surface area contributed by atoms with Crippen molar-refractivity contribution in [3.63, 3.8) is 0 Å². The Hall–Kier alpha value is -3.68. The number of rotatable bonds is 5. The summed E-state index contributed by atoms with van der Waals surface area (Å²) in [5.41, 5.74) is 5.63. The highest BCUT2D eigenvalue weighted by atomic mass is 19.1. The van der Waals surface area contributed by atoms with Gasteiger partial charge in [-0.2, -0.15) is 4.98 Å². The molecule has 1 aromatic heterocycles. The Labute approximate surface area is 147 Å². The summed E-state index contributed by atoms with van der Waals surface area (Å²) < 4.78 is 23.1. The van der Waals surface area contributed by atoms with Crippen LogP contribution in [0.25, 0.3) is 11.5 Å². The second kappa shape index (κ2) is 7.47. The first-order valence-electron chi connectivity index (χ1n) is 7.55. The number of aromatic nitrogens is 1. The number of carbonyl (C=O) groups is 2. The SMILES string of the molecule is COC(=O)c1nc(-c2ccccc2)oc1NNC(=O)c1ccc(F)cc1. The van der Waals surface area contributed by atoms with Crippen LogP contribution in [0, 0.1) is 5.82 Å². The van der Waals surface area contributed by atoms with Crippen molar-refractivity contribution in [2.24, 2.45) is 0 Å². The van der Waals surface area contributed by atoms with Crippen LogP contribution in [0.4, 0.5) is 10.3 Å². The number of halogens is 1. The Bertz CT molecular complexity index is 923. The van der Waals surface area contributed by atoms with Crippen molar-refractivity contribution >= 4 is 17.8 Å². The third kappa shape index (κ3) is 3.69. The van der Waals surface area contributed by atoms with Gasteiger partial charge in [-0.3, -0.25) is 15.6 Å². The minimum Gasteiger partial charge on any atom is -0.464 e. The molecule has 0 unspecified atom stereocenters. The number of oxazole rings is 1. The summed E-state index contributed by atoms with van der Waals surface area (Å²) in [4.78, 5) is 28.1. The molecule has 3 aromatic rings. The Balaban J connectivity index is 1.81. The Morgan fingerprint density at radius 1 is 1.08 bits per heavy atom. The molecular weight excluding hydrogens is 341 g/mol. The fraction of sp³-hybridized carbons (Fsp3) is 0.0556. The van der Waals surface area contributed by atoms with Crippen molar-refractivity contribution in [2.75, 3.05) is 12.5 Å². The molecule has 0 aliphatic rings. The summed E-state index contributed by atoms with van der Waals surface area (Å²) in [6, 6.07) is 13.9. The third-order valence-electron chi connectivity index (χ3n) is 3.42. The molecule has 0 saturated heterocycles. The van der Waals surface area contributed by atoms with Crippen LogP contribution in [-0.4, -0.2) is 24.0 Å². The van der Waals surface area contributed by atoms with Gasteiger partial charge >= 0.3 is 5.97 Å². The lowest BCUT2D eigenvalue weighted by Gasteiger charge is -2.06. The van der Waals surface area contributed by atoms with Gasteiger partial charge < -0.3 is 9.15 Å². The second-order valence-electron chi connectivity index (χ2n) is 5.14. The number of nitrogens with one attached hydrogen (secondary N) is 2. The molecule has 26 heavy (non-hydrogen) atoms. The zero-order valence-corrected chi connectivity index (χ0v) is 13.7. The zero-order chi connectivity index (χ0) is 18.5. The second-order valence-corrected chi connectivity index (χ2v) is 5.14. The number of hydrogen-bond acceptors (Lipinski definition) is 6. The van der Waals surface area contributed by atoms with E-state index in [2.05, 4.69) is 20.6 Å². The van der Waals surface area contributed by atoms with E-state index < -0.39 is 17.7 Å². The van der Waals surface area contributed by atoms with E-state index in [0.717, 1.165) is 12.1 Å². The van der Waals surface area contributed by atoms with E-state index in [4.69, 9.17) is 4.42 Å². The maximum Gasteiger partial charge on any atom is 0.362 e. The predicted octanol–water partition coefficient (Wildman–Crippen LogP) is 3.02. The van der Waals surface area contributed by atoms with Gasteiger partial charge in [-0.15, -0.1) is 0 Å². The molecule has 0 atom stereocenters. The van der Waals surface area contributed by atoms with Crippen molar-refractivity contribution in [1.29, 1.82) is 0 Å². The molecule has 0 saturated carbocycles. The van der Waals surface area contributed by atoms with Gasteiger partial charge in [0.1, 0.15) is 5.82 Å². The lowest BCUT2D eigenvalue weighted by molar-refractivity contribution is 0.0595. The number of hydrazine groups is 1. The Kier molecular flexibility index (Phi) is 4.93. The number of methoxy groups -OCH3 is 1. The minimum atomic E-state index is -0.727. The highest BCUT2D eigenvalue weighted by molar-refractivity contribution is 5.96. The predicted molar refractivity (Wildman–Crippen MR) is 90.8 cm³/mol. The first-order chi connectivity index (χ1) is 12.6. The van der Waals surface area contributed by atoms with Gasteiger partial charge in [-0.05, 0) is 36.4 Å². The van der Waals surface area contributed by atoms with Crippen LogP contribution in [0.15, 0.2) is 59.0 Å². The van der Waals surface area contributed by atoms with Crippen LogP contribution >= 0.6 is 0 Å². The molecule has 0 radical (unpaired) electrons. The molecular formula is C18H14FN3O4. The fourth-order valence-electron chi connectivity index (χ4n) is 2.13. The smallest absolute Gasteiger partial charge is 0.362 e. The monoisotopic (exact) mass is 355 g/mol. The van der Waals surface area contributed by atoms with Crippen molar-refractivity contribution in [3.05, 3.63) is 71.7 Å². The summed E-state index contributed by atoms with van der Waals surface area (Å²) >= 11 is 0. The largest absolute Gasteiger partial charge is 0.464 e. The normalized spacial score (nSPS) is 10.2. The van der Waals surface area contributed by atoms with Crippen LogP contribution in [0.1, 0.15) is 20.8 Å². The van der Waals surface area contributed by atoms with Gasteiger partial charge in [0.15, 0.2) is 0 Å². The van der Waals surface area contributed by atoms with Gasteiger partial charge in [0, 0.05) is 11.1 Å². The van der Waals surface area contributed by atoms with Gasteiger partial charge in [-0.25, -0.2) is 9.18 Å². The van der Waals surface area contributed by atoms with Crippen LogP contribution < -0.4 is 10.9 Å². The number of hydrogen-bond donors (Lipinski definition) is 2. The molecule has 2 N–H and O–H groups in total. The summed E-state index contributed by atoms with van der Waals surface area (Å²) in [6.45, 7) is 0. The molecule has 0 aliphatic heterocycles. The van der Waals surface area contributed by atoms with Gasteiger partial charge in [0.25, 0.3) is 5.91 Å². The lowest BCUT2D eigenvalue weighted by atomic mass is 10.2. The van der Waals surface area contributed by atoms with Crippen molar-refractivity contribution < 1.29 is 23.1 Å². The number of esters is 1. The topological polar surface area (TPSA) is 93.5 Å². The number of ether oxygens (including phenoxy) is 1. The molecule has 0 spiro atoms. The molecule has 1 amide bonds. The van der Waals surface area contributed by atoms with Gasteiger partial charge in [-0.1, -0.05) is 18.2 Å². The Morgan fingerprint density at radius 2 is 1.77 bits per heavy atom.